The Hall–Kier alpha value is -0.630. The van der Waals surface area contributed by atoms with Crippen LogP contribution >= 0.6 is 0 Å². The van der Waals surface area contributed by atoms with Crippen LogP contribution in [0.4, 0.5) is 0 Å². The van der Waals surface area contributed by atoms with Crippen molar-refractivity contribution < 1.29 is 9.90 Å². The first-order valence-electron chi connectivity index (χ1n) is 12.6. The fraction of sp³-hybridized carbons (Fsp3) is 0.889. The molecular formula is C27H44O2. The molecule has 0 amide bonds. The third-order valence-electron chi connectivity index (χ3n) is 10.5. The van der Waals surface area contributed by atoms with E-state index >= 15 is 0 Å². The van der Waals surface area contributed by atoms with Gasteiger partial charge in [-0.25, -0.2) is 0 Å². The smallest absolute Gasteiger partial charge is 0.187 e. The first-order chi connectivity index (χ1) is 13.6. The van der Waals surface area contributed by atoms with Crippen LogP contribution in [0.15, 0.2) is 12.2 Å². The molecule has 0 aromatic carbocycles. The van der Waals surface area contributed by atoms with E-state index in [9.17, 15) is 9.90 Å². The minimum atomic E-state index is -1.11. The van der Waals surface area contributed by atoms with Crippen LogP contribution in [0, 0.1) is 46.3 Å². The summed E-state index contributed by atoms with van der Waals surface area (Å²) in [6, 6.07) is 0. The largest absolute Gasteiger partial charge is 0.381 e. The summed E-state index contributed by atoms with van der Waals surface area (Å²) in [5.74, 6) is 4.48. The zero-order chi connectivity index (χ0) is 21.0. The number of carbonyl (C=O) groups excluding carboxylic acids is 1. The van der Waals surface area contributed by atoms with Crippen molar-refractivity contribution in [2.45, 2.75) is 104 Å². The van der Waals surface area contributed by atoms with Crippen molar-refractivity contribution in [2.75, 3.05) is 0 Å². The molecule has 0 bridgehead atoms. The lowest BCUT2D eigenvalue weighted by molar-refractivity contribution is -0.191. The fourth-order valence-electron chi connectivity index (χ4n) is 8.75. The molecule has 4 rings (SSSR count). The molecule has 29 heavy (non-hydrogen) atoms. The normalized spacial score (nSPS) is 47.6. The molecule has 8 atom stereocenters. The van der Waals surface area contributed by atoms with Gasteiger partial charge < -0.3 is 5.11 Å². The predicted octanol–water partition coefficient (Wildman–Crippen LogP) is 6.57. The second kappa shape index (κ2) is 7.50. The van der Waals surface area contributed by atoms with E-state index in [1.807, 2.05) is 6.08 Å². The maximum Gasteiger partial charge on any atom is 0.187 e. The van der Waals surface area contributed by atoms with E-state index in [-0.39, 0.29) is 11.2 Å². The van der Waals surface area contributed by atoms with Crippen molar-refractivity contribution >= 4 is 5.78 Å². The third-order valence-corrected chi connectivity index (χ3v) is 10.5. The number of hydrogen-bond donors (Lipinski definition) is 1. The van der Waals surface area contributed by atoms with E-state index in [4.69, 9.17) is 0 Å². The molecule has 1 N–H and O–H groups in total. The van der Waals surface area contributed by atoms with Crippen molar-refractivity contribution in [1.29, 1.82) is 0 Å². The summed E-state index contributed by atoms with van der Waals surface area (Å²) in [6.45, 7) is 12.1. The zero-order valence-corrected chi connectivity index (χ0v) is 19.5. The number of ketones is 1. The highest BCUT2D eigenvalue weighted by molar-refractivity contribution is 5.98. The van der Waals surface area contributed by atoms with Crippen molar-refractivity contribution in [2.24, 2.45) is 46.3 Å². The van der Waals surface area contributed by atoms with Gasteiger partial charge in [-0.3, -0.25) is 4.79 Å². The Bertz CT molecular complexity index is 665. The molecule has 4 aliphatic rings. The Balaban J connectivity index is 1.52. The minimum absolute atomic E-state index is 0.0268. The van der Waals surface area contributed by atoms with Crippen molar-refractivity contribution in [3.8, 4) is 0 Å². The van der Waals surface area contributed by atoms with Gasteiger partial charge in [0, 0.05) is 5.41 Å². The minimum Gasteiger partial charge on any atom is -0.381 e. The van der Waals surface area contributed by atoms with Gasteiger partial charge in [0.1, 0.15) is 5.60 Å². The van der Waals surface area contributed by atoms with Crippen molar-refractivity contribution in [3.63, 3.8) is 0 Å². The molecule has 2 nitrogen and oxygen atoms in total. The maximum atomic E-state index is 12.7. The highest BCUT2D eigenvalue weighted by Crippen LogP contribution is 2.68. The summed E-state index contributed by atoms with van der Waals surface area (Å²) in [4.78, 5) is 12.7. The Morgan fingerprint density at radius 3 is 2.52 bits per heavy atom. The average molecular weight is 401 g/mol. The second-order valence-corrected chi connectivity index (χ2v) is 12.2. The lowest BCUT2D eigenvalue weighted by Gasteiger charge is -2.62. The van der Waals surface area contributed by atoms with Gasteiger partial charge in [0.05, 0.1) is 0 Å². The lowest BCUT2D eigenvalue weighted by atomic mass is 9.43. The molecule has 0 aliphatic heterocycles. The average Bonchev–Trinajstić information content (AvgIpc) is 3.01. The molecule has 0 aromatic heterocycles. The molecule has 0 saturated heterocycles. The molecule has 2 heteroatoms. The van der Waals surface area contributed by atoms with Crippen LogP contribution in [-0.4, -0.2) is 16.5 Å². The molecular weight excluding hydrogens is 356 g/mol. The van der Waals surface area contributed by atoms with E-state index in [0.717, 1.165) is 36.5 Å². The molecule has 0 spiro atoms. The summed E-state index contributed by atoms with van der Waals surface area (Å²) < 4.78 is 0. The molecule has 4 aliphatic carbocycles. The first kappa shape index (κ1) is 21.6. The Morgan fingerprint density at radius 1 is 1.03 bits per heavy atom. The summed E-state index contributed by atoms with van der Waals surface area (Å²) in [7, 11) is 0. The molecule has 0 aromatic rings. The zero-order valence-electron chi connectivity index (χ0n) is 19.5. The van der Waals surface area contributed by atoms with Gasteiger partial charge in [-0.2, -0.15) is 0 Å². The van der Waals surface area contributed by atoms with Gasteiger partial charge in [0.2, 0.25) is 0 Å². The van der Waals surface area contributed by atoms with Crippen molar-refractivity contribution in [1.82, 2.24) is 0 Å². The van der Waals surface area contributed by atoms with Crippen LogP contribution in [0.25, 0.3) is 0 Å². The molecule has 1 unspecified atom stereocenters. The summed E-state index contributed by atoms with van der Waals surface area (Å²) in [5, 5.41) is 11.4. The number of hydrogen-bond acceptors (Lipinski definition) is 2. The lowest BCUT2D eigenvalue weighted by Crippen LogP contribution is -2.64. The van der Waals surface area contributed by atoms with Gasteiger partial charge in [-0.15, -0.1) is 0 Å². The molecule has 164 valence electrons. The van der Waals surface area contributed by atoms with Gasteiger partial charge in [-0.05, 0) is 91.9 Å². The van der Waals surface area contributed by atoms with Crippen LogP contribution in [0.1, 0.15) is 98.8 Å². The quantitative estimate of drug-likeness (QED) is 0.567. The highest BCUT2D eigenvalue weighted by Gasteiger charge is 2.65. The van der Waals surface area contributed by atoms with Crippen molar-refractivity contribution in [3.05, 3.63) is 12.2 Å². The van der Waals surface area contributed by atoms with E-state index in [1.54, 1.807) is 6.08 Å². The van der Waals surface area contributed by atoms with Crippen LogP contribution in [0.5, 0.6) is 0 Å². The fourth-order valence-corrected chi connectivity index (χ4v) is 8.75. The topological polar surface area (TPSA) is 37.3 Å². The third kappa shape index (κ3) is 3.19. The van der Waals surface area contributed by atoms with Gasteiger partial charge in [-0.1, -0.05) is 60.0 Å². The molecule has 3 saturated carbocycles. The number of carbonyl (C=O) groups is 1. The second-order valence-electron chi connectivity index (χ2n) is 12.2. The molecule has 3 fully saturated rings. The van der Waals surface area contributed by atoms with E-state index in [0.29, 0.717) is 23.7 Å². The van der Waals surface area contributed by atoms with Crippen LogP contribution in [0.3, 0.4) is 0 Å². The van der Waals surface area contributed by atoms with Crippen LogP contribution < -0.4 is 0 Å². The van der Waals surface area contributed by atoms with E-state index < -0.39 is 5.60 Å². The Labute approximate surface area is 178 Å². The summed E-state index contributed by atoms with van der Waals surface area (Å²) in [5.41, 5.74) is -0.901. The van der Waals surface area contributed by atoms with Crippen LogP contribution in [0.2, 0.25) is 0 Å². The number of allylic oxidation sites excluding steroid dienone is 1. The highest BCUT2D eigenvalue weighted by atomic mass is 16.3. The Kier molecular flexibility index (Phi) is 5.59. The first-order valence-corrected chi connectivity index (χ1v) is 12.6. The number of fused-ring (bicyclic) bond motifs is 5. The van der Waals surface area contributed by atoms with Gasteiger partial charge in [0.15, 0.2) is 5.78 Å². The van der Waals surface area contributed by atoms with E-state index in [1.165, 1.54) is 44.9 Å². The molecule has 0 heterocycles. The van der Waals surface area contributed by atoms with Crippen LogP contribution in [-0.2, 0) is 4.79 Å². The summed E-state index contributed by atoms with van der Waals surface area (Å²) >= 11 is 0. The number of rotatable bonds is 5. The number of aliphatic hydroxyl groups is 1. The maximum absolute atomic E-state index is 12.7. The Morgan fingerprint density at radius 2 is 1.79 bits per heavy atom. The standard InChI is InChI=1S/C27H44O2/c1-18(2)8-6-9-19(3)21-11-12-22-20-13-17-27(29)24(28)10-7-15-26(27,5)23(20)14-16-25(21,22)4/h7,10,18-23,29H,6,8-9,11-17H2,1-5H3/t19-,20+,21-,22+,23+,25-,26-,27?/m1/s1. The monoisotopic (exact) mass is 400 g/mol. The summed E-state index contributed by atoms with van der Waals surface area (Å²) in [6.07, 6.45) is 15.7. The molecule has 0 radical (unpaired) electrons. The van der Waals surface area contributed by atoms with E-state index in [2.05, 4.69) is 34.6 Å². The predicted molar refractivity (Wildman–Crippen MR) is 119 cm³/mol. The van der Waals surface area contributed by atoms with Gasteiger partial charge in [0.25, 0.3) is 0 Å². The SMILES string of the molecule is CC(C)CCC[C@@H](C)[C@H]1CC[C@H]2[C@@H]3CCC4(O)C(=O)C=CC[C@]4(C)[C@H]3CC[C@]12C. The van der Waals surface area contributed by atoms with Gasteiger partial charge >= 0.3 is 0 Å².